The number of rotatable bonds is 11. The van der Waals surface area contributed by atoms with Crippen LogP contribution in [0.2, 0.25) is 5.02 Å². The summed E-state index contributed by atoms with van der Waals surface area (Å²) < 4.78 is 30.3. The number of halogens is 2. The molecule has 0 unspecified atom stereocenters. The topological polar surface area (TPSA) is 86.8 Å². The van der Waals surface area contributed by atoms with Crippen LogP contribution in [0.15, 0.2) is 106 Å². The van der Waals surface area contributed by atoms with Gasteiger partial charge < -0.3 is 10.2 Å². The number of hydrogen-bond donors (Lipinski definition) is 1. The summed E-state index contributed by atoms with van der Waals surface area (Å²) >= 11 is 9.59. The largest absolute Gasteiger partial charge is 0.350 e. The van der Waals surface area contributed by atoms with Crippen molar-refractivity contribution in [3.05, 3.63) is 129 Å². The first-order chi connectivity index (χ1) is 21.6. The molecule has 0 saturated carbocycles. The predicted octanol–water partition coefficient (Wildman–Crippen LogP) is 7.47. The number of benzene rings is 4. The number of sulfonamides is 1. The highest BCUT2D eigenvalue weighted by Gasteiger charge is 2.35. The fourth-order valence-corrected chi connectivity index (χ4v) is 6.96. The van der Waals surface area contributed by atoms with E-state index in [4.69, 9.17) is 11.6 Å². The van der Waals surface area contributed by atoms with Crippen molar-refractivity contribution in [1.82, 2.24) is 10.2 Å². The molecule has 46 heavy (non-hydrogen) atoms. The summed E-state index contributed by atoms with van der Waals surface area (Å²) in [5, 5.41) is 3.44. The van der Waals surface area contributed by atoms with Gasteiger partial charge in [0.1, 0.15) is 12.6 Å². The minimum absolute atomic E-state index is 0.00669. The lowest BCUT2D eigenvalue weighted by atomic mass is 10.0. The third kappa shape index (κ3) is 9.21. The molecule has 242 valence electrons. The van der Waals surface area contributed by atoms with Crippen LogP contribution in [0, 0.1) is 13.8 Å². The fraction of sp³-hybridized carbons (Fsp3) is 0.278. The minimum Gasteiger partial charge on any atom is -0.350 e. The lowest BCUT2D eigenvalue weighted by molar-refractivity contribution is -0.140. The van der Waals surface area contributed by atoms with Gasteiger partial charge in [-0.05, 0) is 105 Å². The Balaban J connectivity index is 1.84. The van der Waals surface area contributed by atoms with E-state index >= 15 is 0 Å². The maximum atomic E-state index is 14.6. The molecule has 1 atom stereocenters. The molecule has 0 aromatic heterocycles. The maximum Gasteiger partial charge on any atom is 0.264 e. The summed E-state index contributed by atoms with van der Waals surface area (Å²) in [4.78, 5) is 30.1. The van der Waals surface area contributed by atoms with Gasteiger partial charge >= 0.3 is 0 Å². The van der Waals surface area contributed by atoms with Crippen molar-refractivity contribution in [2.24, 2.45) is 0 Å². The minimum atomic E-state index is -4.22. The number of amides is 2. The van der Waals surface area contributed by atoms with Crippen LogP contribution in [0.25, 0.3) is 0 Å². The number of carbonyl (C=O) groups is 2. The molecular weight excluding hydrogens is 686 g/mol. The first-order valence-corrected chi connectivity index (χ1v) is 17.5. The molecule has 0 aliphatic carbocycles. The first kappa shape index (κ1) is 35.2. The predicted molar refractivity (Wildman–Crippen MR) is 188 cm³/mol. The molecule has 1 N–H and O–H groups in total. The molecule has 0 aliphatic rings. The molecule has 0 aliphatic heterocycles. The molecule has 4 aromatic rings. The van der Waals surface area contributed by atoms with E-state index in [0.717, 1.165) is 31.0 Å². The van der Waals surface area contributed by atoms with Gasteiger partial charge in [-0.1, -0.05) is 76.1 Å². The number of aryl methyl sites for hydroxylation is 2. The quantitative estimate of drug-likeness (QED) is 0.174. The molecule has 2 amide bonds. The number of carbonyl (C=O) groups excluding carboxylic acids is 2. The fourth-order valence-electron chi connectivity index (χ4n) is 4.98. The summed E-state index contributed by atoms with van der Waals surface area (Å²) in [6, 6.07) is 27.1. The van der Waals surface area contributed by atoms with Crippen LogP contribution in [-0.2, 0) is 32.6 Å². The molecule has 0 bridgehead atoms. The van der Waals surface area contributed by atoms with Crippen LogP contribution >= 0.6 is 27.5 Å². The van der Waals surface area contributed by atoms with E-state index in [1.54, 1.807) is 12.1 Å². The molecule has 0 heterocycles. The van der Waals surface area contributed by atoms with Crippen LogP contribution in [0.5, 0.6) is 0 Å². The molecular formula is C36H39BrClN3O4S. The Morgan fingerprint density at radius 3 is 2.11 bits per heavy atom. The van der Waals surface area contributed by atoms with Crippen LogP contribution in [0.1, 0.15) is 43.0 Å². The SMILES string of the molecule is Cc1ccc(N(CC(=O)N(Cc2cccc(Br)c2)[C@@H](Cc2ccccc2)C(=O)NC(C)(C)C)S(=O)(=O)c2ccc(Cl)cc2)cc1C. The number of nitrogens with zero attached hydrogens (tertiary/aromatic N) is 2. The Kier molecular flexibility index (Phi) is 11.4. The van der Waals surface area contributed by atoms with Crippen LogP contribution in [-0.4, -0.2) is 43.3 Å². The summed E-state index contributed by atoms with van der Waals surface area (Å²) in [6.45, 7) is 9.01. The zero-order valence-electron chi connectivity index (χ0n) is 26.6. The highest BCUT2D eigenvalue weighted by atomic mass is 79.9. The third-order valence-corrected chi connectivity index (χ3v) is 10.0. The zero-order valence-corrected chi connectivity index (χ0v) is 29.8. The smallest absolute Gasteiger partial charge is 0.264 e. The van der Waals surface area contributed by atoms with Crippen molar-refractivity contribution in [3.63, 3.8) is 0 Å². The Morgan fingerprint density at radius 1 is 0.848 bits per heavy atom. The highest BCUT2D eigenvalue weighted by Crippen LogP contribution is 2.28. The summed E-state index contributed by atoms with van der Waals surface area (Å²) in [5.74, 6) is -0.862. The molecule has 10 heteroatoms. The van der Waals surface area contributed by atoms with E-state index in [1.165, 1.54) is 29.2 Å². The maximum absolute atomic E-state index is 14.6. The molecule has 4 aromatic carbocycles. The van der Waals surface area contributed by atoms with Crippen molar-refractivity contribution < 1.29 is 18.0 Å². The third-order valence-electron chi connectivity index (χ3n) is 7.47. The van der Waals surface area contributed by atoms with Gasteiger partial charge in [0.15, 0.2) is 0 Å². The summed E-state index contributed by atoms with van der Waals surface area (Å²) in [5.41, 5.74) is 3.27. The average molecular weight is 725 g/mol. The van der Waals surface area contributed by atoms with Crippen molar-refractivity contribution in [2.45, 2.75) is 64.1 Å². The van der Waals surface area contributed by atoms with Crippen LogP contribution in [0.3, 0.4) is 0 Å². The zero-order chi connectivity index (χ0) is 33.6. The second kappa shape index (κ2) is 14.8. The van der Waals surface area contributed by atoms with E-state index in [1.807, 2.05) is 95.3 Å². The van der Waals surface area contributed by atoms with Gasteiger partial charge in [0, 0.05) is 28.0 Å². The van der Waals surface area contributed by atoms with Gasteiger partial charge in [0.05, 0.1) is 10.6 Å². The molecule has 0 saturated heterocycles. The van der Waals surface area contributed by atoms with E-state index in [0.29, 0.717) is 10.7 Å². The normalized spacial score (nSPS) is 12.3. The van der Waals surface area contributed by atoms with E-state index < -0.39 is 34.1 Å². The van der Waals surface area contributed by atoms with Gasteiger partial charge in [-0.3, -0.25) is 13.9 Å². The Bertz CT molecular complexity index is 1790. The molecule has 0 radical (unpaired) electrons. The monoisotopic (exact) mass is 723 g/mol. The van der Waals surface area contributed by atoms with E-state index in [9.17, 15) is 18.0 Å². The Hall–Kier alpha value is -3.66. The second-order valence-electron chi connectivity index (χ2n) is 12.3. The number of anilines is 1. The van der Waals surface area contributed by atoms with E-state index in [2.05, 4.69) is 21.2 Å². The van der Waals surface area contributed by atoms with Gasteiger partial charge in [-0.25, -0.2) is 8.42 Å². The number of hydrogen-bond acceptors (Lipinski definition) is 4. The standard InChI is InChI=1S/C36H39BrClN3O4S/c1-25-14-17-31(20-26(25)2)41(46(44,45)32-18-15-30(38)16-19-32)24-34(42)40(23-28-12-9-13-29(37)21-28)33(35(43)39-36(3,4)5)22-27-10-7-6-8-11-27/h6-21,33H,22-24H2,1-5H3,(H,39,43)/t33-/m0/s1. The Morgan fingerprint density at radius 2 is 1.50 bits per heavy atom. The molecule has 0 spiro atoms. The van der Waals surface area contributed by atoms with Crippen molar-refractivity contribution in [3.8, 4) is 0 Å². The highest BCUT2D eigenvalue weighted by molar-refractivity contribution is 9.10. The van der Waals surface area contributed by atoms with Gasteiger partial charge in [0.25, 0.3) is 10.0 Å². The summed E-state index contributed by atoms with van der Waals surface area (Å²) in [7, 11) is -4.22. The average Bonchev–Trinajstić information content (AvgIpc) is 2.99. The van der Waals surface area contributed by atoms with Crippen molar-refractivity contribution in [2.75, 3.05) is 10.8 Å². The van der Waals surface area contributed by atoms with Gasteiger partial charge in [-0.2, -0.15) is 0 Å². The van der Waals surface area contributed by atoms with Crippen LogP contribution < -0.4 is 9.62 Å². The lowest BCUT2D eigenvalue weighted by Crippen LogP contribution is -2.56. The summed E-state index contributed by atoms with van der Waals surface area (Å²) in [6.07, 6.45) is 0.232. The molecule has 4 rings (SSSR count). The number of nitrogens with one attached hydrogen (secondary N) is 1. The van der Waals surface area contributed by atoms with Crippen molar-refractivity contribution in [1.29, 1.82) is 0 Å². The van der Waals surface area contributed by atoms with E-state index in [-0.39, 0.29) is 23.8 Å². The lowest BCUT2D eigenvalue weighted by Gasteiger charge is -2.35. The van der Waals surface area contributed by atoms with Crippen molar-refractivity contribution >= 4 is 55.1 Å². The van der Waals surface area contributed by atoms with Gasteiger partial charge in [-0.15, -0.1) is 0 Å². The van der Waals surface area contributed by atoms with Gasteiger partial charge in [0.2, 0.25) is 11.8 Å². The second-order valence-corrected chi connectivity index (χ2v) is 15.5. The first-order valence-electron chi connectivity index (χ1n) is 14.9. The Labute approximate surface area is 285 Å². The van der Waals surface area contributed by atoms with Crippen LogP contribution in [0.4, 0.5) is 5.69 Å². The molecule has 7 nitrogen and oxygen atoms in total. The molecule has 0 fully saturated rings.